The summed E-state index contributed by atoms with van der Waals surface area (Å²) in [6.45, 7) is 0. The van der Waals surface area contributed by atoms with Crippen LogP contribution in [0.15, 0.2) is 36.5 Å². The van der Waals surface area contributed by atoms with Gasteiger partial charge in [0.2, 0.25) is 0 Å². The predicted octanol–water partition coefficient (Wildman–Crippen LogP) is 2.01. The van der Waals surface area contributed by atoms with Crippen molar-refractivity contribution in [1.82, 2.24) is 15.0 Å². The molecular weight excluding hydrogens is 235 g/mol. The normalized spacial score (nSPS) is 11.5. The van der Waals surface area contributed by atoms with E-state index in [0.29, 0.717) is 5.69 Å². The largest absolute Gasteiger partial charge is 0.456 e. The van der Waals surface area contributed by atoms with E-state index < -0.39 is 17.7 Å². The van der Waals surface area contributed by atoms with Crippen LogP contribution in [0.2, 0.25) is 0 Å². The summed E-state index contributed by atoms with van der Waals surface area (Å²) in [5.41, 5.74) is -0.263. The number of carbonyl (C=O) groups is 1. The van der Waals surface area contributed by atoms with Crippen LogP contribution < -0.4 is 0 Å². The molecule has 0 N–H and O–H groups in total. The third-order valence-corrected chi connectivity index (χ3v) is 2.04. The van der Waals surface area contributed by atoms with Crippen LogP contribution >= 0.6 is 0 Å². The molecule has 1 aromatic carbocycles. The highest BCUT2D eigenvalue weighted by Crippen LogP contribution is 2.22. The van der Waals surface area contributed by atoms with E-state index in [1.807, 2.05) is 0 Å². The summed E-state index contributed by atoms with van der Waals surface area (Å²) in [6.07, 6.45) is -4.14. The number of halogens is 3. The van der Waals surface area contributed by atoms with Crippen LogP contribution in [0.3, 0.4) is 0 Å². The first-order chi connectivity index (χ1) is 8.00. The zero-order valence-corrected chi connectivity index (χ0v) is 8.35. The molecule has 0 fully saturated rings. The molecule has 0 bridgehead atoms. The Kier molecular flexibility index (Phi) is 2.66. The maximum atomic E-state index is 12.3. The number of benzene rings is 1. The Labute approximate surface area is 93.7 Å². The van der Waals surface area contributed by atoms with Crippen molar-refractivity contribution in [2.75, 3.05) is 0 Å². The van der Waals surface area contributed by atoms with Gasteiger partial charge in [0.25, 0.3) is 5.78 Å². The summed E-state index contributed by atoms with van der Waals surface area (Å²) in [5.74, 6) is -1.97. The Morgan fingerprint density at radius 1 is 1.18 bits per heavy atom. The van der Waals surface area contributed by atoms with E-state index in [-0.39, 0.29) is 0 Å². The number of hydrogen-bond donors (Lipinski definition) is 0. The van der Waals surface area contributed by atoms with Crippen molar-refractivity contribution < 1.29 is 18.0 Å². The smallest absolute Gasteiger partial charge is 0.282 e. The number of nitrogens with zero attached hydrogens (tertiary/aromatic N) is 3. The molecule has 0 radical (unpaired) electrons. The van der Waals surface area contributed by atoms with E-state index in [0.717, 1.165) is 10.9 Å². The van der Waals surface area contributed by atoms with Gasteiger partial charge in [0.1, 0.15) is 5.69 Å². The van der Waals surface area contributed by atoms with Crippen LogP contribution in [-0.2, 0) is 0 Å². The SMILES string of the molecule is O=C(c1cnnn1-c1ccccc1)C(F)(F)F. The van der Waals surface area contributed by atoms with Crippen molar-refractivity contribution in [3.8, 4) is 5.69 Å². The fraction of sp³-hybridized carbons (Fsp3) is 0.100. The van der Waals surface area contributed by atoms with Crippen molar-refractivity contribution in [3.05, 3.63) is 42.2 Å². The van der Waals surface area contributed by atoms with Crippen molar-refractivity contribution >= 4 is 5.78 Å². The van der Waals surface area contributed by atoms with Gasteiger partial charge < -0.3 is 0 Å². The Hall–Kier alpha value is -2.18. The van der Waals surface area contributed by atoms with Crippen molar-refractivity contribution in [2.24, 2.45) is 0 Å². The molecule has 2 rings (SSSR count). The van der Waals surface area contributed by atoms with Gasteiger partial charge in [0, 0.05) is 0 Å². The summed E-state index contributed by atoms with van der Waals surface area (Å²) in [5, 5.41) is 6.79. The molecule has 0 aliphatic carbocycles. The van der Waals surface area contributed by atoms with Crippen molar-refractivity contribution in [2.45, 2.75) is 6.18 Å². The number of aromatic nitrogens is 3. The maximum absolute atomic E-state index is 12.3. The molecule has 17 heavy (non-hydrogen) atoms. The van der Waals surface area contributed by atoms with Crippen LogP contribution in [0.4, 0.5) is 13.2 Å². The minimum atomic E-state index is -4.94. The van der Waals surface area contributed by atoms with Gasteiger partial charge in [-0.25, -0.2) is 4.68 Å². The lowest BCUT2D eigenvalue weighted by Crippen LogP contribution is -2.25. The van der Waals surface area contributed by atoms with Crippen LogP contribution in [0, 0.1) is 0 Å². The molecule has 0 spiro atoms. The first-order valence-electron chi connectivity index (χ1n) is 4.58. The topological polar surface area (TPSA) is 47.8 Å². The lowest BCUT2D eigenvalue weighted by Gasteiger charge is -2.07. The Balaban J connectivity index is 2.46. The second kappa shape index (κ2) is 4.00. The van der Waals surface area contributed by atoms with E-state index in [1.54, 1.807) is 18.2 Å². The number of ketones is 1. The summed E-state index contributed by atoms with van der Waals surface area (Å²) < 4.78 is 37.7. The molecule has 1 aromatic heterocycles. The van der Waals surface area contributed by atoms with Gasteiger partial charge in [-0.05, 0) is 12.1 Å². The van der Waals surface area contributed by atoms with Gasteiger partial charge in [-0.15, -0.1) is 5.10 Å². The van der Waals surface area contributed by atoms with E-state index >= 15 is 0 Å². The Bertz CT molecular complexity index is 533. The minimum absolute atomic E-state index is 0.345. The molecule has 0 aliphatic heterocycles. The lowest BCUT2D eigenvalue weighted by molar-refractivity contribution is -0.0889. The fourth-order valence-electron chi connectivity index (χ4n) is 1.29. The number of rotatable bonds is 2. The number of Topliss-reactive ketones (excluding diaryl/α,β-unsaturated/α-hetero) is 1. The van der Waals surface area contributed by atoms with Gasteiger partial charge in [0.15, 0.2) is 0 Å². The molecule has 0 aliphatic rings. The zero-order chi connectivity index (χ0) is 12.5. The van der Waals surface area contributed by atoms with Crippen LogP contribution in [0.5, 0.6) is 0 Å². The first kappa shape index (κ1) is 11.3. The number of carbonyl (C=O) groups excluding carboxylic acids is 1. The zero-order valence-electron chi connectivity index (χ0n) is 8.35. The number of para-hydroxylation sites is 1. The summed E-state index contributed by atoms with van der Waals surface area (Å²) in [4.78, 5) is 11.1. The van der Waals surface area contributed by atoms with E-state index in [2.05, 4.69) is 10.3 Å². The first-order valence-corrected chi connectivity index (χ1v) is 4.58. The van der Waals surface area contributed by atoms with Crippen LogP contribution in [0.1, 0.15) is 10.5 Å². The molecule has 0 amide bonds. The molecular formula is C10H6F3N3O. The minimum Gasteiger partial charge on any atom is -0.282 e. The van der Waals surface area contributed by atoms with Gasteiger partial charge >= 0.3 is 6.18 Å². The van der Waals surface area contributed by atoms with Crippen LogP contribution in [-0.4, -0.2) is 27.0 Å². The third-order valence-electron chi connectivity index (χ3n) is 2.04. The van der Waals surface area contributed by atoms with Crippen molar-refractivity contribution in [1.29, 1.82) is 0 Å². The molecule has 1 heterocycles. The molecule has 88 valence electrons. The van der Waals surface area contributed by atoms with Gasteiger partial charge in [-0.3, -0.25) is 4.79 Å². The quantitative estimate of drug-likeness (QED) is 0.755. The summed E-state index contributed by atoms with van der Waals surface area (Å²) in [6, 6.07) is 8.01. The molecule has 0 saturated heterocycles. The van der Waals surface area contributed by atoms with E-state index in [4.69, 9.17) is 0 Å². The molecule has 0 unspecified atom stereocenters. The van der Waals surface area contributed by atoms with Gasteiger partial charge in [0.05, 0.1) is 11.9 Å². The third kappa shape index (κ3) is 2.17. The van der Waals surface area contributed by atoms with Crippen LogP contribution in [0.25, 0.3) is 5.69 Å². The molecule has 2 aromatic rings. The maximum Gasteiger partial charge on any atom is 0.456 e. The lowest BCUT2D eigenvalue weighted by atomic mass is 10.2. The summed E-state index contributed by atoms with van der Waals surface area (Å²) >= 11 is 0. The molecule has 0 atom stereocenters. The standard InChI is InChI=1S/C10H6F3N3O/c11-10(12,13)9(17)8-6-14-15-16(8)7-4-2-1-3-5-7/h1-6H. The highest BCUT2D eigenvalue weighted by molar-refractivity contribution is 5.98. The second-order valence-electron chi connectivity index (χ2n) is 3.19. The van der Waals surface area contributed by atoms with Crippen molar-refractivity contribution in [3.63, 3.8) is 0 Å². The molecule has 4 nitrogen and oxygen atoms in total. The molecule has 7 heteroatoms. The molecule has 0 saturated carbocycles. The Morgan fingerprint density at radius 3 is 2.41 bits per heavy atom. The highest BCUT2D eigenvalue weighted by Gasteiger charge is 2.41. The number of hydrogen-bond acceptors (Lipinski definition) is 3. The fourth-order valence-corrected chi connectivity index (χ4v) is 1.29. The van der Waals surface area contributed by atoms with Gasteiger partial charge in [-0.2, -0.15) is 13.2 Å². The average Bonchev–Trinajstić information content (AvgIpc) is 2.76. The Morgan fingerprint density at radius 2 is 1.82 bits per heavy atom. The van der Waals surface area contributed by atoms with E-state index in [1.165, 1.54) is 12.1 Å². The van der Waals surface area contributed by atoms with E-state index in [9.17, 15) is 18.0 Å². The van der Waals surface area contributed by atoms with Gasteiger partial charge in [-0.1, -0.05) is 23.4 Å². The predicted molar refractivity (Wildman–Crippen MR) is 51.7 cm³/mol. The second-order valence-corrected chi connectivity index (χ2v) is 3.19. The average molecular weight is 241 g/mol. The highest BCUT2D eigenvalue weighted by atomic mass is 19.4. The summed E-state index contributed by atoms with van der Waals surface area (Å²) in [7, 11) is 0. The number of alkyl halides is 3. The monoisotopic (exact) mass is 241 g/mol.